The van der Waals surface area contributed by atoms with Crippen molar-refractivity contribution in [1.29, 1.82) is 0 Å². The molecular weight excluding hydrogens is 307 g/mol. The Bertz CT molecular complexity index is 475. The van der Waals surface area contributed by atoms with Gasteiger partial charge < -0.3 is 10.1 Å². The molecule has 112 valence electrons. The highest BCUT2D eigenvalue weighted by Crippen LogP contribution is 2.24. The van der Waals surface area contributed by atoms with E-state index < -0.39 is 17.4 Å². The normalized spacial score (nSPS) is 12.7. The average Bonchev–Trinajstić information content (AvgIpc) is 2.34. The van der Waals surface area contributed by atoms with Gasteiger partial charge in [-0.15, -0.1) is 0 Å². The zero-order chi connectivity index (χ0) is 15.3. The first-order chi connectivity index (χ1) is 9.23. The van der Waals surface area contributed by atoms with Gasteiger partial charge in [0.15, 0.2) is 17.4 Å². The van der Waals surface area contributed by atoms with Crippen molar-refractivity contribution in [3.05, 3.63) is 39.9 Å². The van der Waals surface area contributed by atoms with Gasteiger partial charge in [0.25, 0.3) is 0 Å². The van der Waals surface area contributed by atoms with Crippen molar-refractivity contribution in [3.8, 4) is 5.75 Å². The standard InChI is InChI=1S/C14H17Cl2F2NO/c1-14(2,3)19-7-9-4-11(17)13(12(18)5-9)20-8-10(16)6-15/h4-6,19H,7-8H2,1-3H3. The molecule has 1 aromatic carbocycles. The third-order valence-corrected chi connectivity index (χ3v) is 2.95. The van der Waals surface area contributed by atoms with Gasteiger partial charge in [-0.1, -0.05) is 23.2 Å². The highest BCUT2D eigenvalue weighted by Gasteiger charge is 2.15. The van der Waals surface area contributed by atoms with E-state index in [9.17, 15) is 8.78 Å². The van der Waals surface area contributed by atoms with Crippen LogP contribution in [0.5, 0.6) is 5.75 Å². The molecule has 1 aromatic rings. The third-order valence-electron chi connectivity index (χ3n) is 2.35. The predicted molar refractivity (Wildman–Crippen MR) is 78.2 cm³/mol. The molecule has 0 saturated heterocycles. The molecule has 0 aliphatic heterocycles. The third kappa shape index (κ3) is 5.65. The molecule has 0 atom stereocenters. The monoisotopic (exact) mass is 323 g/mol. The first-order valence-electron chi connectivity index (χ1n) is 6.03. The van der Waals surface area contributed by atoms with Gasteiger partial charge in [-0.05, 0) is 38.5 Å². The maximum Gasteiger partial charge on any atom is 0.191 e. The minimum absolute atomic E-state index is 0.138. The van der Waals surface area contributed by atoms with Crippen LogP contribution in [0.25, 0.3) is 0 Å². The molecule has 0 bridgehead atoms. The molecule has 0 aliphatic rings. The van der Waals surface area contributed by atoms with Gasteiger partial charge in [-0.25, -0.2) is 8.78 Å². The molecule has 2 nitrogen and oxygen atoms in total. The van der Waals surface area contributed by atoms with Gasteiger partial charge >= 0.3 is 0 Å². The molecule has 0 aromatic heterocycles. The number of nitrogens with one attached hydrogen (secondary N) is 1. The fourth-order valence-corrected chi connectivity index (χ4v) is 1.51. The molecule has 0 radical (unpaired) electrons. The van der Waals surface area contributed by atoms with E-state index >= 15 is 0 Å². The van der Waals surface area contributed by atoms with Crippen molar-refractivity contribution in [2.24, 2.45) is 0 Å². The molecule has 0 saturated carbocycles. The molecule has 0 unspecified atom stereocenters. The summed E-state index contributed by atoms with van der Waals surface area (Å²) in [7, 11) is 0. The lowest BCUT2D eigenvalue weighted by Gasteiger charge is -2.20. The van der Waals surface area contributed by atoms with E-state index in [1.807, 2.05) is 20.8 Å². The summed E-state index contributed by atoms with van der Waals surface area (Å²) in [5, 5.41) is 3.31. The van der Waals surface area contributed by atoms with E-state index in [4.69, 9.17) is 27.9 Å². The SMILES string of the molecule is CC(C)(C)NCc1cc(F)c(OCC(Cl)=CCl)c(F)c1. The van der Waals surface area contributed by atoms with Gasteiger partial charge in [0.2, 0.25) is 0 Å². The first kappa shape index (κ1) is 17.2. The smallest absolute Gasteiger partial charge is 0.191 e. The molecule has 20 heavy (non-hydrogen) atoms. The Morgan fingerprint density at radius 2 is 1.85 bits per heavy atom. The number of benzene rings is 1. The second-order valence-electron chi connectivity index (χ2n) is 5.34. The van der Waals surface area contributed by atoms with Crippen LogP contribution in [0.4, 0.5) is 8.78 Å². The number of hydrogen-bond donors (Lipinski definition) is 1. The number of ether oxygens (including phenoxy) is 1. The van der Waals surface area contributed by atoms with E-state index in [2.05, 4.69) is 5.32 Å². The largest absolute Gasteiger partial charge is 0.482 e. The summed E-state index contributed by atoms with van der Waals surface area (Å²) < 4.78 is 32.6. The van der Waals surface area contributed by atoms with Crippen molar-refractivity contribution in [1.82, 2.24) is 5.32 Å². The van der Waals surface area contributed by atoms with E-state index in [0.717, 1.165) is 5.54 Å². The van der Waals surface area contributed by atoms with Crippen LogP contribution in [-0.4, -0.2) is 12.1 Å². The molecule has 0 spiro atoms. The van der Waals surface area contributed by atoms with E-state index in [1.54, 1.807) is 0 Å². The van der Waals surface area contributed by atoms with Gasteiger partial charge in [0, 0.05) is 17.6 Å². The van der Waals surface area contributed by atoms with Crippen molar-refractivity contribution in [3.63, 3.8) is 0 Å². The summed E-state index contributed by atoms with van der Waals surface area (Å²) >= 11 is 10.9. The molecular formula is C14H17Cl2F2NO. The Balaban J connectivity index is 2.81. The number of halogens is 4. The lowest BCUT2D eigenvalue weighted by Crippen LogP contribution is -2.35. The fraction of sp³-hybridized carbons (Fsp3) is 0.429. The summed E-state index contributed by atoms with van der Waals surface area (Å²) in [4.78, 5) is 0. The Labute approximate surface area is 127 Å². The average molecular weight is 324 g/mol. The summed E-state index contributed by atoms with van der Waals surface area (Å²) in [6.07, 6.45) is 0. The topological polar surface area (TPSA) is 21.3 Å². The van der Waals surface area contributed by atoms with Crippen molar-refractivity contribution >= 4 is 23.2 Å². The Morgan fingerprint density at radius 3 is 2.30 bits per heavy atom. The van der Waals surface area contributed by atoms with Crippen LogP contribution in [0.3, 0.4) is 0 Å². The highest BCUT2D eigenvalue weighted by atomic mass is 35.5. The van der Waals surface area contributed by atoms with Gasteiger partial charge in [0.1, 0.15) is 6.61 Å². The Morgan fingerprint density at radius 1 is 1.30 bits per heavy atom. The summed E-state index contributed by atoms with van der Waals surface area (Å²) in [6.45, 7) is 6.09. The van der Waals surface area contributed by atoms with Crippen LogP contribution >= 0.6 is 23.2 Å². The van der Waals surface area contributed by atoms with Crippen LogP contribution in [0.1, 0.15) is 26.3 Å². The molecule has 6 heteroatoms. The van der Waals surface area contributed by atoms with E-state index in [-0.39, 0.29) is 17.2 Å². The predicted octanol–water partition coefficient (Wildman–Crippen LogP) is 4.55. The van der Waals surface area contributed by atoms with Crippen LogP contribution in [0, 0.1) is 11.6 Å². The maximum atomic E-state index is 13.8. The second-order valence-corrected chi connectivity index (χ2v) is 6.04. The minimum atomic E-state index is -0.769. The van der Waals surface area contributed by atoms with Crippen LogP contribution in [0.2, 0.25) is 0 Å². The summed E-state index contributed by atoms with van der Waals surface area (Å²) in [6, 6.07) is 2.46. The van der Waals surface area contributed by atoms with Gasteiger partial charge in [-0.3, -0.25) is 0 Å². The number of rotatable bonds is 5. The van der Waals surface area contributed by atoms with Crippen molar-refractivity contribution in [2.45, 2.75) is 32.9 Å². The lowest BCUT2D eigenvalue weighted by molar-refractivity contribution is 0.317. The van der Waals surface area contributed by atoms with Gasteiger partial charge in [0.05, 0.1) is 5.03 Å². The van der Waals surface area contributed by atoms with Crippen molar-refractivity contribution in [2.75, 3.05) is 6.61 Å². The Kier molecular flexibility index (Phi) is 6.24. The van der Waals surface area contributed by atoms with E-state index in [0.29, 0.717) is 12.1 Å². The van der Waals surface area contributed by atoms with Crippen LogP contribution < -0.4 is 10.1 Å². The molecule has 0 heterocycles. The molecule has 0 fully saturated rings. The molecule has 1 rings (SSSR count). The fourth-order valence-electron chi connectivity index (χ4n) is 1.39. The van der Waals surface area contributed by atoms with Crippen LogP contribution in [-0.2, 0) is 6.54 Å². The van der Waals surface area contributed by atoms with Crippen molar-refractivity contribution < 1.29 is 13.5 Å². The minimum Gasteiger partial charge on any atom is -0.482 e. The molecule has 0 amide bonds. The maximum absolute atomic E-state index is 13.8. The van der Waals surface area contributed by atoms with Crippen LogP contribution in [0.15, 0.2) is 22.7 Å². The summed E-state index contributed by atoms with van der Waals surface area (Å²) in [5.74, 6) is -1.99. The van der Waals surface area contributed by atoms with Gasteiger partial charge in [-0.2, -0.15) is 0 Å². The lowest BCUT2D eigenvalue weighted by atomic mass is 10.1. The zero-order valence-electron chi connectivity index (χ0n) is 11.6. The molecule has 1 N–H and O–H groups in total. The first-order valence-corrected chi connectivity index (χ1v) is 6.85. The summed E-state index contributed by atoms with van der Waals surface area (Å²) in [5.41, 5.74) is 1.45. The van der Waals surface area contributed by atoms with E-state index in [1.165, 1.54) is 12.1 Å². The Hall–Kier alpha value is -0.840. The number of hydrogen-bond acceptors (Lipinski definition) is 2. The highest BCUT2D eigenvalue weighted by molar-refractivity contribution is 6.36. The zero-order valence-corrected chi connectivity index (χ0v) is 13.1. The quantitative estimate of drug-likeness (QED) is 0.858. The molecule has 0 aliphatic carbocycles. The second kappa shape index (κ2) is 7.25.